The summed E-state index contributed by atoms with van der Waals surface area (Å²) >= 11 is 0. The molecule has 1 aromatic heterocycles. The van der Waals surface area contributed by atoms with E-state index in [1.807, 2.05) is 23.1 Å². The largest absolute Gasteiger partial charge is 0.339 e. The summed E-state index contributed by atoms with van der Waals surface area (Å²) < 4.78 is 0. The fourth-order valence-electron chi connectivity index (χ4n) is 3.88. The van der Waals surface area contributed by atoms with Crippen LogP contribution in [0.4, 0.5) is 0 Å². The van der Waals surface area contributed by atoms with Crippen LogP contribution in [-0.2, 0) is 0 Å². The number of aromatic nitrogens is 1. The van der Waals surface area contributed by atoms with Crippen molar-refractivity contribution in [1.29, 1.82) is 0 Å². The lowest BCUT2D eigenvalue weighted by molar-refractivity contribution is 0.0726. The Morgan fingerprint density at radius 3 is 2.41 bits per heavy atom. The average Bonchev–Trinajstić information content (AvgIpc) is 2.70. The molecule has 0 unspecified atom stereocenters. The molecule has 1 saturated heterocycles. The van der Waals surface area contributed by atoms with Crippen molar-refractivity contribution in [3.8, 4) is 11.3 Å². The van der Waals surface area contributed by atoms with Gasteiger partial charge in [0.15, 0.2) is 0 Å². The highest BCUT2D eigenvalue weighted by molar-refractivity contribution is 6.07. The number of rotatable bonds is 2. The predicted molar refractivity (Wildman–Crippen MR) is 111 cm³/mol. The van der Waals surface area contributed by atoms with Crippen LogP contribution in [0.1, 0.15) is 46.3 Å². The molecule has 0 saturated carbocycles. The molecule has 0 N–H and O–H groups in total. The van der Waals surface area contributed by atoms with Crippen molar-refractivity contribution in [1.82, 2.24) is 9.88 Å². The Hall–Kier alpha value is -2.68. The Labute approximate surface area is 161 Å². The van der Waals surface area contributed by atoms with E-state index in [1.165, 1.54) is 17.5 Å². The second-order valence-corrected chi connectivity index (χ2v) is 7.68. The Morgan fingerprint density at radius 2 is 1.67 bits per heavy atom. The van der Waals surface area contributed by atoms with Crippen molar-refractivity contribution >= 4 is 16.8 Å². The fourth-order valence-corrected chi connectivity index (χ4v) is 3.88. The van der Waals surface area contributed by atoms with E-state index >= 15 is 0 Å². The standard InChI is InChI=1S/C24H26N2O/c1-16-10-11-19(14-18(16)3)22-15-21(24(27)26-12-5-4-6-13-26)20-9-7-8-17(2)23(20)25-22/h7-11,14-15H,4-6,12-13H2,1-3H3. The van der Waals surface area contributed by atoms with Crippen LogP contribution in [0.5, 0.6) is 0 Å². The van der Waals surface area contributed by atoms with E-state index in [0.29, 0.717) is 0 Å². The van der Waals surface area contributed by atoms with Crippen molar-refractivity contribution in [2.75, 3.05) is 13.1 Å². The minimum Gasteiger partial charge on any atom is -0.339 e. The van der Waals surface area contributed by atoms with Gasteiger partial charge >= 0.3 is 0 Å². The molecular weight excluding hydrogens is 332 g/mol. The number of pyridine rings is 1. The second-order valence-electron chi connectivity index (χ2n) is 7.68. The van der Waals surface area contributed by atoms with Crippen LogP contribution in [0.2, 0.25) is 0 Å². The molecule has 2 heterocycles. The maximum atomic E-state index is 13.3. The van der Waals surface area contributed by atoms with Crippen LogP contribution in [0.15, 0.2) is 42.5 Å². The summed E-state index contributed by atoms with van der Waals surface area (Å²) in [6.45, 7) is 8.00. The monoisotopic (exact) mass is 358 g/mol. The van der Waals surface area contributed by atoms with E-state index in [0.717, 1.165) is 59.2 Å². The molecule has 2 aromatic carbocycles. The van der Waals surface area contributed by atoms with E-state index in [4.69, 9.17) is 4.98 Å². The number of carbonyl (C=O) groups is 1. The number of hydrogen-bond donors (Lipinski definition) is 0. The van der Waals surface area contributed by atoms with E-state index in [9.17, 15) is 4.79 Å². The van der Waals surface area contributed by atoms with Gasteiger partial charge in [-0.2, -0.15) is 0 Å². The van der Waals surface area contributed by atoms with Crippen molar-refractivity contribution in [3.63, 3.8) is 0 Å². The van der Waals surface area contributed by atoms with E-state index in [1.54, 1.807) is 0 Å². The molecule has 3 aromatic rings. The van der Waals surface area contributed by atoms with Gasteiger partial charge in [0.05, 0.1) is 16.8 Å². The number of fused-ring (bicyclic) bond motifs is 1. The molecule has 1 aliphatic rings. The third-order valence-corrected chi connectivity index (χ3v) is 5.72. The zero-order valence-electron chi connectivity index (χ0n) is 16.4. The van der Waals surface area contributed by atoms with Crippen molar-refractivity contribution in [2.45, 2.75) is 40.0 Å². The number of likely N-dealkylation sites (tertiary alicyclic amines) is 1. The van der Waals surface area contributed by atoms with Gasteiger partial charge in [-0.05, 0) is 68.9 Å². The summed E-state index contributed by atoms with van der Waals surface area (Å²) in [6.07, 6.45) is 3.41. The second kappa shape index (κ2) is 7.15. The molecule has 0 radical (unpaired) electrons. The number of benzene rings is 2. The molecule has 0 bridgehead atoms. The minimum atomic E-state index is 0.137. The number of hydrogen-bond acceptors (Lipinski definition) is 2. The maximum absolute atomic E-state index is 13.3. The molecule has 0 spiro atoms. The number of aryl methyl sites for hydroxylation is 3. The summed E-state index contributed by atoms with van der Waals surface area (Å²) in [5.41, 5.74) is 7.25. The average molecular weight is 358 g/mol. The van der Waals surface area contributed by atoms with E-state index in [2.05, 4.69) is 45.0 Å². The lowest BCUT2D eigenvalue weighted by atomic mass is 9.98. The number of piperidine rings is 1. The summed E-state index contributed by atoms with van der Waals surface area (Å²) in [6, 6.07) is 14.5. The summed E-state index contributed by atoms with van der Waals surface area (Å²) in [4.78, 5) is 20.3. The topological polar surface area (TPSA) is 33.2 Å². The Balaban J connectivity index is 1.89. The fraction of sp³-hybridized carbons (Fsp3) is 0.333. The number of amides is 1. The van der Waals surface area contributed by atoms with Gasteiger partial charge in [0.1, 0.15) is 0 Å². The SMILES string of the molecule is Cc1ccc(-c2cc(C(=O)N3CCCCC3)c3cccc(C)c3n2)cc1C. The first-order valence-corrected chi connectivity index (χ1v) is 9.82. The first-order chi connectivity index (χ1) is 13.0. The summed E-state index contributed by atoms with van der Waals surface area (Å²) in [7, 11) is 0. The molecule has 0 aliphatic carbocycles. The highest BCUT2D eigenvalue weighted by Gasteiger charge is 2.22. The van der Waals surface area contributed by atoms with Crippen LogP contribution >= 0.6 is 0 Å². The first kappa shape index (κ1) is 17.7. The van der Waals surface area contributed by atoms with Crippen molar-refractivity contribution in [2.24, 2.45) is 0 Å². The zero-order valence-corrected chi connectivity index (χ0v) is 16.4. The molecule has 1 amide bonds. The molecule has 0 atom stereocenters. The van der Waals surface area contributed by atoms with Crippen molar-refractivity contribution < 1.29 is 4.79 Å². The number of nitrogens with zero attached hydrogens (tertiary/aromatic N) is 2. The molecule has 1 aliphatic heterocycles. The molecule has 1 fully saturated rings. The van der Waals surface area contributed by atoms with Gasteiger partial charge in [-0.3, -0.25) is 4.79 Å². The third-order valence-electron chi connectivity index (χ3n) is 5.72. The molecule has 3 heteroatoms. The number of carbonyl (C=O) groups excluding carboxylic acids is 1. The van der Waals surface area contributed by atoms with Gasteiger partial charge in [0, 0.05) is 24.0 Å². The van der Waals surface area contributed by atoms with E-state index in [-0.39, 0.29) is 5.91 Å². The predicted octanol–water partition coefficient (Wildman–Crippen LogP) is 5.45. The molecule has 4 rings (SSSR count). The highest BCUT2D eigenvalue weighted by Crippen LogP contribution is 2.29. The van der Waals surface area contributed by atoms with Crippen LogP contribution in [0.3, 0.4) is 0 Å². The quantitative estimate of drug-likeness (QED) is 0.610. The van der Waals surface area contributed by atoms with Crippen LogP contribution in [0, 0.1) is 20.8 Å². The van der Waals surface area contributed by atoms with Gasteiger partial charge in [-0.25, -0.2) is 4.98 Å². The van der Waals surface area contributed by atoms with Gasteiger partial charge in [-0.1, -0.05) is 30.3 Å². The molecule has 27 heavy (non-hydrogen) atoms. The zero-order chi connectivity index (χ0) is 19.0. The Morgan fingerprint density at radius 1 is 0.889 bits per heavy atom. The highest BCUT2D eigenvalue weighted by atomic mass is 16.2. The lowest BCUT2D eigenvalue weighted by Gasteiger charge is -2.27. The summed E-state index contributed by atoms with van der Waals surface area (Å²) in [5, 5.41) is 0.957. The maximum Gasteiger partial charge on any atom is 0.254 e. The molecule has 3 nitrogen and oxygen atoms in total. The van der Waals surface area contributed by atoms with Gasteiger partial charge in [-0.15, -0.1) is 0 Å². The van der Waals surface area contributed by atoms with Gasteiger partial charge < -0.3 is 4.90 Å². The first-order valence-electron chi connectivity index (χ1n) is 9.82. The molecular formula is C24H26N2O. The molecule has 138 valence electrons. The van der Waals surface area contributed by atoms with Crippen LogP contribution in [-0.4, -0.2) is 28.9 Å². The van der Waals surface area contributed by atoms with E-state index < -0.39 is 0 Å². The van der Waals surface area contributed by atoms with Crippen molar-refractivity contribution in [3.05, 3.63) is 64.7 Å². The van der Waals surface area contributed by atoms with Crippen LogP contribution < -0.4 is 0 Å². The minimum absolute atomic E-state index is 0.137. The summed E-state index contributed by atoms with van der Waals surface area (Å²) in [5.74, 6) is 0.137. The van der Waals surface area contributed by atoms with Gasteiger partial charge in [0.25, 0.3) is 5.91 Å². The van der Waals surface area contributed by atoms with Crippen LogP contribution in [0.25, 0.3) is 22.2 Å². The third kappa shape index (κ3) is 3.34. The Bertz CT molecular complexity index is 1020. The normalized spacial score (nSPS) is 14.6. The smallest absolute Gasteiger partial charge is 0.254 e. The Kier molecular flexibility index (Phi) is 4.69. The lowest BCUT2D eigenvalue weighted by Crippen LogP contribution is -2.35. The van der Waals surface area contributed by atoms with Gasteiger partial charge in [0.2, 0.25) is 0 Å². The number of para-hydroxylation sites is 1.